The Balaban J connectivity index is 2.01. The summed E-state index contributed by atoms with van der Waals surface area (Å²) < 4.78 is 12.8. The first-order chi connectivity index (χ1) is 17.9. The third kappa shape index (κ3) is 5.14. The molecule has 4 aromatic rings. The summed E-state index contributed by atoms with van der Waals surface area (Å²) in [5.41, 5.74) is 1.32. The fourth-order valence-corrected chi connectivity index (χ4v) is 9.98. The Morgan fingerprint density at radius 1 is 0.868 bits per heavy atom. The summed E-state index contributed by atoms with van der Waals surface area (Å²) in [4.78, 5) is 4.80. The third-order valence-corrected chi connectivity index (χ3v) is 12.2. The van der Waals surface area contributed by atoms with Gasteiger partial charge in [0.05, 0.1) is 31.0 Å². The Bertz CT molecular complexity index is 1350. The summed E-state index contributed by atoms with van der Waals surface area (Å²) in [5, 5.41) is 25.1. The molecule has 2 N–H and O–H groups in total. The number of aliphatic hydroxyl groups excluding tert-OH is 1. The zero-order valence-corrected chi connectivity index (χ0v) is 24.4. The maximum atomic E-state index is 11.1. The quantitative estimate of drug-likeness (QED) is 0.291. The molecule has 5 nitrogen and oxygen atoms in total. The second kappa shape index (κ2) is 10.6. The van der Waals surface area contributed by atoms with Gasteiger partial charge in [0.1, 0.15) is 11.4 Å². The number of rotatable bonds is 8. The molecule has 0 fully saturated rings. The minimum atomic E-state index is -2.86. The molecule has 200 valence electrons. The van der Waals surface area contributed by atoms with Crippen LogP contribution in [0.2, 0.25) is 5.04 Å². The van der Waals surface area contributed by atoms with E-state index in [1.165, 1.54) is 10.4 Å². The monoisotopic (exact) mass is 529 g/mol. The van der Waals surface area contributed by atoms with Crippen LogP contribution in [0.5, 0.6) is 5.75 Å². The van der Waals surface area contributed by atoms with E-state index in [0.29, 0.717) is 22.5 Å². The van der Waals surface area contributed by atoms with Crippen LogP contribution in [-0.2, 0) is 16.6 Å². The fraction of sp³-hybridized carbons (Fsp3) is 0.344. The summed E-state index contributed by atoms with van der Waals surface area (Å²) in [6, 6.07) is 26.7. The van der Waals surface area contributed by atoms with Crippen LogP contribution >= 0.6 is 0 Å². The molecule has 0 aliphatic carbocycles. The number of hydrogen-bond acceptors (Lipinski definition) is 5. The number of aliphatic hydroxyl groups is 2. The van der Waals surface area contributed by atoms with Gasteiger partial charge in [0, 0.05) is 10.9 Å². The van der Waals surface area contributed by atoms with Gasteiger partial charge in [-0.15, -0.1) is 0 Å². The van der Waals surface area contributed by atoms with Gasteiger partial charge in [-0.2, -0.15) is 0 Å². The minimum Gasteiger partial charge on any atom is -0.497 e. The van der Waals surface area contributed by atoms with Crippen molar-refractivity contribution < 1.29 is 19.4 Å². The Hall–Kier alpha value is -3.03. The molecule has 1 heterocycles. The Labute approximate surface area is 227 Å². The molecule has 1 aromatic heterocycles. The number of pyridine rings is 1. The molecule has 4 rings (SSSR count). The highest BCUT2D eigenvalue weighted by atomic mass is 28.4. The molecular weight excluding hydrogens is 490 g/mol. The van der Waals surface area contributed by atoms with Crippen molar-refractivity contribution >= 4 is 29.6 Å². The number of benzene rings is 3. The SMILES string of the molecule is COc1ccc2nc(C(C)(C)O)c([C@H](C)O)c(CO[Si](c3ccccc3)(c3ccccc3)C(C)(C)C)c2c1. The zero-order valence-electron chi connectivity index (χ0n) is 23.4. The lowest BCUT2D eigenvalue weighted by Crippen LogP contribution is -2.66. The van der Waals surface area contributed by atoms with Crippen molar-refractivity contribution in [2.24, 2.45) is 0 Å². The van der Waals surface area contributed by atoms with Crippen LogP contribution in [0.1, 0.15) is 64.5 Å². The Kier molecular flexibility index (Phi) is 7.82. The molecule has 38 heavy (non-hydrogen) atoms. The van der Waals surface area contributed by atoms with Gasteiger partial charge in [-0.25, -0.2) is 4.98 Å². The van der Waals surface area contributed by atoms with Crippen LogP contribution in [0, 0.1) is 0 Å². The molecule has 0 radical (unpaired) electrons. The first-order valence-electron chi connectivity index (χ1n) is 13.1. The van der Waals surface area contributed by atoms with Crippen molar-refractivity contribution in [3.63, 3.8) is 0 Å². The van der Waals surface area contributed by atoms with Gasteiger partial charge < -0.3 is 19.4 Å². The van der Waals surface area contributed by atoms with E-state index in [4.69, 9.17) is 14.1 Å². The summed E-state index contributed by atoms with van der Waals surface area (Å²) in [5.74, 6) is 0.693. The van der Waals surface area contributed by atoms with Crippen LogP contribution in [0.4, 0.5) is 0 Å². The van der Waals surface area contributed by atoms with Gasteiger partial charge in [0.15, 0.2) is 0 Å². The van der Waals surface area contributed by atoms with Crippen LogP contribution < -0.4 is 15.1 Å². The van der Waals surface area contributed by atoms with Crippen molar-refractivity contribution in [1.82, 2.24) is 4.98 Å². The predicted octanol–water partition coefficient (Wildman–Crippen LogP) is 5.60. The molecule has 0 aliphatic heterocycles. The van der Waals surface area contributed by atoms with E-state index in [1.54, 1.807) is 27.9 Å². The number of ether oxygens (including phenoxy) is 1. The van der Waals surface area contributed by atoms with Gasteiger partial charge in [0.25, 0.3) is 8.32 Å². The van der Waals surface area contributed by atoms with Gasteiger partial charge in [-0.3, -0.25) is 0 Å². The molecule has 1 atom stereocenters. The van der Waals surface area contributed by atoms with Crippen LogP contribution in [-0.4, -0.2) is 30.6 Å². The number of aromatic nitrogens is 1. The van der Waals surface area contributed by atoms with E-state index in [-0.39, 0.29) is 11.6 Å². The summed E-state index contributed by atoms with van der Waals surface area (Å²) in [6.07, 6.45) is -0.864. The van der Waals surface area contributed by atoms with Crippen molar-refractivity contribution in [3.05, 3.63) is 95.7 Å². The zero-order chi connectivity index (χ0) is 27.7. The summed E-state index contributed by atoms with van der Waals surface area (Å²) >= 11 is 0. The molecular formula is C32H39NO4Si. The molecule has 0 amide bonds. The highest BCUT2D eigenvalue weighted by Gasteiger charge is 2.50. The Morgan fingerprint density at radius 2 is 1.42 bits per heavy atom. The first-order valence-corrected chi connectivity index (χ1v) is 15.0. The second-order valence-electron chi connectivity index (χ2n) is 11.4. The fourth-order valence-electron chi connectivity index (χ4n) is 5.46. The highest BCUT2D eigenvalue weighted by Crippen LogP contribution is 2.40. The van der Waals surface area contributed by atoms with Crippen molar-refractivity contribution in [2.45, 2.75) is 64.9 Å². The van der Waals surface area contributed by atoms with Crippen molar-refractivity contribution in [1.29, 1.82) is 0 Å². The van der Waals surface area contributed by atoms with E-state index < -0.39 is 20.0 Å². The molecule has 0 unspecified atom stereocenters. The summed E-state index contributed by atoms with van der Waals surface area (Å²) in [6.45, 7) is 12.1. The molecule has 0 bridgehead atoms. The second-order valence-corrected chi connectivity index (χ2v) is 15.7. The van der Waals surface area contributed by atoms with E-state index in [2.05, 4.69) is 69.3 Å². The molecule has 0 saturated heterocycles. The number of hydrogen-bond donors (Lipinski definition) is 2. The number of methoxy groups -OCH3 is 1. The van der Waals surface area contributed by atoms with Crippen LogP contribution in [0.25, 0.3) is 10.9 Å². The Morgan fingerprint density at radius 3 is 1.87 bits per heavy atom. The average molecular weight is 530 g/mol. The van der Waals surface area contributed by atoms with E-state index in [0.717, 1.165) is 10.9 Å². The lowest BCUT2D eigenvalue weighted by Gasteiger charge is -2.43. The topological polar surface area (TPSA) is 71.8 Å². The number of nitrogens with zero attached hydrogens (tertiary/aromatic N) is 1. The van der Waals surface area contributed by atoms with Crippen LogP contribution in [0.3, 0.4) is 0 Å². The lowest BCUT2D eigenvalue weighted by atomic mass is 9.90. The third-order valence-electron chi connectivity index (χ3n) is 7.19. The highest BCUT2D eigenvalue weighted by molar-refractivity contribution is 6.99. The van der Waals surface area contributed by atoms with Gasteiger partial charge in [0.2, 0.25) is 0 Å². The van der Waals surface area contributed by atoms with E-state index >= 15 is 0 Å². The largest absolute Gasteiger partial charge is 0.497 e. The molecule has 0 aliphatic rings. The molecule has 0 spiro atoms. The summed E-state index contributed by atoms with van der Waals surface area (Å²) in [7, 11) is -1.23. The first kappa shape index (κ1) is 28.0. The standard InChI is InChI=1S/C32H39NO4Si/c1-22(34)29-27(26-20-23(36-7)18-19-28(26)33-30(29)32(5,6)35)21-37-38(31(2,3)4,24-14-10-8-11-15-24)25-16-12-9-13-17-25/h8-20,22,34-35H,21H2,1-7H3/t22-/m0/s1. The minimum absolute atomic E-state index is 0.208. The van der Waals surface area contributed by atoms with Gasteiger partial charge in [-0.1, -0.05) is 81.4 Å². The predicted molar refractivity (Wildman–Crippen MR) is 157 cm³/mol. The van der Waals surface area contributed by atoms with Crippen molar-refractivity contribution in [3.8, 4) is 5.75 Å². The lowest BCUT2D eigenvalue weighted by molar-refractivity contribution is 0.0687. The normalized spacial score (nSPS) is 13.5. The maximum absolute atomic E-state index is 11.1. The smallest absolute Gasteiger partial charge is 0.261 e. The van der Waals surface area contributed by atoms with Crippen molar-refractivity contribution in [2.75, 3.05) is 7.11 Å². The van der Waals surface area contributed by atoms with Gasteiger partial charge in [-0.05, 0) is 59.9 Å². The van der Waals surface area contributed by atoms with E-state index in [9.17, 15) is 10.2 Å². The van der Waals surface area contributed by atoms with Crippen LogP contribution in [0.15, 0.2) is 78.9 Å². The number of fused-ring (bicyclic) bond motifs is 1. The average Bonchev–Trinajstić information content (AvgIpc) is 2.88. The molecule has 0 saturated carbocycles. The van der Waals surface area contributed by atoms with Gasteiger partial charge >= 0.3 is 0 Å². The molecule has 6 heteroatoms. The molecule has 3 aromatic carbocycles. The van der Waals surface area contributed by atoms with E-state index in [1.807, 2.05) is 30.3 Å². The maximum Gasteiger partial charge on any atom is 0.261 e.